The summed E-state index contributed by atoms with van der Waals surface area (Å²) in [7, 11) is 1.56. The minimum atomic E-state index is -0.220. The van der Waals surface area contributed by atoms with Crippen LogP contribution in [0.25, 0.3) is 0 Å². The van der Waals surface area contributed by atoms with Gasteiger partial charge in [-0.3, -0.25) is 9.59 Å². The Kier molecular flexibility index (Phi) is 4.45. The molecule has 0 aromatic heterocycles. The van der Waals surface area contributed by atoms with E-state index in [1.54, 1.807) is 7.05 Å². The van der Waals surface area contributed by atoms with Gasteiger partial charge >= 0.3 is 0 Å². The maximum Gasteiger partial charge on any atom is 0.267 e. The third-order valence-electron chi connectivity index (χ3n) is 3.78. The Balaban J connectivity index is 1.52. The Labute approximate surface area is 134 Å². The van der Waals surface area contributed by atoms with Gasteiger partial charge in [-0.1, -0.05) is 6.07 Å². The molecule has 0 atom stereocenters. The van der Waals surface area contributed by atoms with Crippen molar-refractivity contribution in [3.8, 4) is 11.5 Å². The van der Waals surface area contributed by atoms with Crippen molar-refractivity contribution in [2.75, 3.05) is 26.8 Å². The first-order valence-electron chi connectivity index (χ1n) is 7.64. The fourth-order valence-electron chi connectivity index (χ4n) is 2.50. The van der Waals surface area contributed by atoms with Crippen molar-refractivity contribution in [1.29, 1.82) is 0 Å². The van der Waals surface area contributed by atoms with E-state index in [9.17, 15) is 9.59 Å². The van der Waals surface area contributed by atoms with E-state index in [0.717, 1.165) is 17.1 Å². The summed E-state index contributed by atoms with van der Waals surface area (Å²) in [5.74, 6) is 1.21. The van der Waals surface area contributed by atoms with Crippen molar-refractivity contribution in [3.05, 3.63) is 23.8 Å². The highest BCUT2D eigenvalue weighted by atomic mass is 16.6. The molecule has 2 heterocycles. The van der Waals surface area contributed by atoms with Gasteiger partial charge in [-0.05, 0) is 24.1 Å². The van der Waals surface area contributed by atoms with Gasteiger partial charge < -0.3 is 14.8 Å². The number of fused-ring (bicyclic) bond motifs is 1. The molecule has 0 saturated heterocycles. The van der Waals surface area contributed by atoms with Crippen molar-refractivity contribution < 1.29 is 19.1 Å². The van der Waals surface area contributed by atoms with Gasteiger partial charge in [0.1, 0.15) is 18.9 Å². The van der Waals surface area contributed by atoms with Crippen LogP contribution in [0.4, 0.5) is 0 Å². The molecular formula is C16H19N3O4. The van der Waals surface area contributed by atoms with E-state index >= 15 is 0 Å². The number of benzene rings is 1. The molecular weight excluding hydrogens is 298 g/mol. The Morgan fingerprint density at radius 1 is 1.26 bits per heavy atom. The maximum atomic E-state index is 12.0. The lowest BCUT2D eigenvalue weighted by Gasteiger charge is -2.19. The molecule has 7 heteroatoms. The molecule has 2 aliphatic rings. The van der Waals surface area contributed by atoms with Crippen molar-refractivity contribution in [1.82, 2.24) is 10.3 Å². The predicted octanol–water partition coefficient (Wildman–Crippen LogP) is 0.725. The normalized spacial score (nSPS) is 16.8. The van der Waals surface area contributed by atoms with E-state index in [1.165, 1.54) is 5.01 Å². The molecule has 1 aromatic rings. The molecule has 0 radical (unpaired) electrons. The summed E-state index contributed by atoms with van der Waals surface area (Å²) in [4.78, 5) is 23.4. The van der Waals surface area contributed by atoms with Gasteiger partial charge in [0.25, 0.3) is 5.91 Å². The monoisotopic (exact) mass is 317 g/mol. The number of hydrogen-bond acceptors (Lipinski definition) is 5. The van der Waals surface area contributed by atoms with Crippen LogP contribution in [0.2, 0.25) is 0 Å². The summed E-state index contributed by atoms with van der Waals surface area (Å²) in [6, 6.07) is 5.78. The van der Waals surface area contributed by atoms with Crippen LogP contribution in [-0.2, 0) is 16.0 Å². The van der Waals surface area contributed by atoms with Crippen LogP contribution in [0.3, 0.4) is 0 Å². The number of hydrazone groups is 1. The smallest absolute Gasteiger partial charge is 0.267 e. The lowest BCUT2D eigenvalue weighted by atomic mass is 10.1. The molecule has 0 fully saturated rings. The SMILES string of the molecule is CN1N=C(C(=O)NCCc2ccc3c(c2)OCCO3)CCC1=O. The van der Waals surface area contributed by atoms with E-state index in [2.05, 4.69) is 10.4 Å². The van der Waals surface area contributed by atoms with Crippen LogP contribution in [0.5, 0.6) is 11.5 Å². The lowest BCUT2D eigenvalue weighted by Crippen LogP contribution is -2.38. The zero-order chi connectivity index (χ0) is 16.2. The summed E-state index contributed by atoms with van der Waals surface area (Å²) >= 11 is 0. The highest BCUT2D eigenvalue weighted by Crippen LogP contribution is 2.30. The fraction of sp³-hybridized carbons (Fsp3) is 0.438. The third kappa shape index (κ3) is 3.61. The average Bonchev–Trinajstić information content (AvgIpc) is 2.57. The fourth-order valence-corrected chi connectivity index (χ4v) is 2.50. The summed E-state index contributed by atoms with van der Waals surface area (Å²) in [5.41, 5.74) is 1.46. The summed E-state index contributed by atoms with van der Waals surface area (Å²) in [6.45, 7) is 1.62. The van der Waals surface area contributed by atoms with Gasteiger partial charge in [-0.15, -0.1) is 0 Å². The Morgan fingerprint density at radius 3 is 2.83 bits per heavy atom. The molecule has 2 amide bonds. The zero-order valence-electron chi connectivity index (χ0n) is 13.0. The van der Waals surface area contributed by atoms with E-state index in [0.29, 0.717) is 44.7 Å². The molecule has 23 heavy (non-hydrogen) atoms. The molecule has 3 rings (SSSR count). The molecule has 0 aliphatic carbocycles. The van der Waals surface area contributed by atoms with Crippen molar-refractivity contribution in [3.63, 3.8) is 0 Å². The molecule has 7 nitrogen and oxygen atoms in total. The third-order valence-corrected chi connectivity index (χ3v) is 3.78. The van der Waals surface area contributed by atoms with Crippen LogP contribution < -0.4 is 14.8 Å². The van der Waals surface area contributed by atoms with Crippen LogP contribution in [-0.4, -0.2) is 49.3 Å². The van der Waals surface area contributed by atoms with Crippen LogP contribution in [0.15, 0.2) is 23.3 Å². The van der Waals surface area contributed by atoms with E-state index in [4.69, 9.17) is 9.47 Å². The first-order valence-corrected chi connectivity index (χ1v) is 7.64. The molecule has 122 valence electrons. The van der Waals surface area contributed by atoms with E-state index in [1.807, 2.05) is 18.2 Å². The zero-order valence-corrected chi connectivity index (χ0v) is 13.0. The second kappa shape index (κ2) is 6.68. The topological polar surface area (TPSA) is 80.2 Å². The number of carbonyl (C=O) groups is 2. The van der Waals surface area contributed by atoms with Crippen molar-refractivity contribution in [2.24, 2.45) is 5.10 Å². The highest BCUT2D eigenvalue weighted by molar-refractivity contribution is 6.39. The number of carbonyl (C=O) groups excluding carboxylic acids is 2. The molecule has 0 bridgehead atoms. The standard InChI is InChI=1S/C16H19N3O4/c1-19-15(20)5-3-12(18-19)16(21)17-7-6-11-2-4-13-14(10-11)23-9-8-22-13/h2,4,10H,3,5-9H2,1H3,(H,17,21). The number of nitrogens with one attached hydrogen (secondary N) is 1. The Bertz CT molecular complexity index is 657. The van der Waals surface area contributed by atoms with Crippen LogP contribution in [0.1, 0.15) is 18.4 Å². The largest absolute Gasteiger partial charge is 0.486 e. The Morgan fingerprint density at radius 2 is 2.04 bits per heavy atom. The van der Waals surface area contributed by atoms with Crippen molar-refractivity contribution >= 4 is 17.5 Å². The number of nitrogens with zero attached hydrogens (tertiary/aromatic N) is 2. The molecule has 1 aromatic carbocycles. The van der Waals surface area contributed by atoms with Gasteiger partial charge in [0.2, 0.25) is 5.91 Å². The number of ether oxygens (including phenoxy) is 2. The molecule has 2 aliphatic heterocycles. The first-order chi connectivity index (χ1) is 11.1. The minimum Gasteiger partial charge on any atom is -0.486 e. The maximum absolute atomic E-state index is 12.0. The van der Waals surface area contributed by atoms with Gasteiger partial charge in [-0.2, -0.15) is 5.10 Å². The van der Waals surface area contributed by atoms with Gasteiger partial charge in [0, 0.05) is 26.4 Å². The van der Waals surface area contributed by atoms with Crippen LogP contribution in [0, 0.1) is 0 Å². The number of rotatable bonds is 4. The molecule has 1 N–H and O–H groups in total. The molecule has 0 spiro atoms. The summed E-state index contributed by atoms with van der Waals surface area (Å²) < 4.78 is 11.0. The summed E-state index contributed by atoms with van der Waals surface area (Å²) in [5, 5.41) is 8.06. The predicted molar refractivity (Wildman–Crippen MR) is 83.6 cm³/mol. The minimum absolute atomic E-state index is 0.0715. The lowest BCUT2D eigenvalue weighted by molar-refractivity contribution is -0.130. The van der Waals surface area contributed by atoms with E-state index < -0.39 is 0 Å². The number of amides is 2. The Hall–Kier alpha value is -2.57. The summed E-state index contributed by atoms with van der Waals surface area (Å²) in [6.07, 6.45) is 1.40. The van der Waals surface area contributed by atoms with Crippen molar-refractivity contribution in [2.45, 2.75) is 19.3 Å². The quantitative estimate of drug-likeness (QED) is 0.887. The first kappa shape index (κ1) is 15.3. The van der Waals surface area contributed by atoms with Crippen LogP contribution >= 0.6 is 0 Å². The second-order valence-corrected chi connectivity index (χ2v) is 5.45. The van der Waals surface area contributed by atoms with E-state index in [-0.39, 0.29) is 11.8 Å². The highest BCUT2D eigenvalue weighted by Gasteiger charge is 2.21. The van der Waals surface area contributed by atoms with Gasteiger partial charge in [0.05, 0.1) is 0 Å². The van der Waals surface area contributed by atoms with Gasteiger partial charge in [-0.25, -0.2) is 5.01 Å². The van der Waals surface area contributed by atoms with Gasteiger partial charge in [0.15, 0.2) is 11.5 Å². The second-order valence-electron chi connectivity index (χ2n) is 5.45. The molecule has 0 unspecified atom stereocenters. The number of hydrogen-bond donors (Lipinski definition) is 1. The average molecular weight is 317 g/mol. The molecule has 0 saturated carbocycles.